The van der Waals surface area contributed by atoms with Crippen molar-refractivity contribution < 1.29 is 9.59 Å². The van der Waals surface area contributed by atoms with E-state index in [0.717, 1.165) is 25.9 Å². The molecule has 1 fully saturated rings. The summed E-state index contributed by atoms with van der Waals surface area (Å²) >= 11 is 0. The van der Waals surface area contributed by atoms with E-state index in [9.17, 15) is 9.59 Å². The van der Waals surface area contributed by atoms with Gasteiger partial charge in [0.2, 0.25) is 0 Å². The number of aryl methyl sites for hydroxylation is 1. The van der Waals surface area contributed by atoms with E-state index in [1.807, 2.05) is 25.1 Å². The highest BCUT2D eigenvalue weighted by molar-refractivity contribution is 6.35. The van der Waals surface area contributed by atoms with Crippen molar-refractivity contribution in [1.82, 2.24) is 15.5 Å². The monoisotopic (exact) mass is 289 g/mol. The van der Waals surface area contributed by atoms with Gasteiger partial charge in [-0.05, 0) is 25.3 Å². The molecule has 0 bridgehead atoms. The molecule has 1 saturated heterocycles. The van der Waals surface area contributed by atoms with Gasteiger partial charge < -0.3 is 15.5 Å². The quantitative estimate of drug-likeness (QED) is 0.796. The number of nitrogens with one attached hydrogen (secondary N) is 2. The van der Waals surface area contributed by atoms with Gasteiger partial charge in [0.25, 0.3) is 0 Å². The third-order valence-corrected chi connectivity index (χ3v) is 3.68. The van der Waals surface area contributed by atoms with E-state index in [0.29, 0.717) is 13.1 Å². The van der Waals surface area contributed by atoms with Gasteiger partial charge in [0.15, 0.2) is 0 Å². The van der Waals surface area contributed by atoms with Gasteiger partial charge >= 0.3 is 11.8 Å². The molecular formula is C16H23N3O2. The van der Waals surface area contributed by atoms with Gasteiger partial charge in [0.05, 0.1) is 0 Å². The van der Waals surface area contributed by atoms with Crippen LogP contribution < -0.4 is 10.6 Å². The van der Waals surface area contributed by atoms with Crippen LogP contribution in [0.4, 0.5) is 0 Å². The molecular weight excluding hydrogens is 266 g/mol. The average Bonchev–Trinajstić information content (AvgIpc) is 2.54. The van der Waals surface area contributed by atoms with E-state index in [4.69, 9.17) is 0 Å². The maximum absolute atomic E-state index is 12.0. The van der Waals surface area contributed by atoms with Crippen LogP contribution in [0.1, 0.15) is 18.9 Å². The first kappa shape index (κ1) is 15.5. The minimum Gasteiger partial charge on any atom is -0.345 e. The lowest BCUT2D eigenvalue weighted by atomic mass is 10.1. The molecule has 21 heavy (non-hydrogen) atoms. The minimum absolute atomic E-state index is 0.00966. The molecule has 5 nitrogen and oxygen atoms in total. The van der Waals surface area contributed by atoms with Crippen LogP contribution in [0.5, 0.6) is 0 Å². The van der Waals surface area contributed by atoms with Gasteiger partial charge in [0.1, 0.15) is 0 Å². The molecule has 1 aromatic carbocycles. The summed E-state index contributed by atoms with van der Waals surface area (Å²) in [6, 6.07) is 10.1. The molecule has 2 rings (SSSR count). The molecule has 0 aromatic heterocycles. The number of hydrogen-bond acceptors (Lipinski definition) is 3. The summed E-state index contributed by atoms with van der Waals surface area (Å²) in [6.45, 7) is 4.65. The van der Waals surface area contributed by atoms with Gasteiger partial charge in [-0.1, -0.05) is 30.3 Å². The molecule has 1 aliphatic heterocycles. The minimum atomic E-state index is -0.488. The normalized spacial score (nSPS) is 16.3. The van der Waals surface area contributed by atoms with Gasteiger partial charge in [0, 0.05) is 32.2 Å². The van der Waals surface area contributed by atoms with Gasteiger partial charge in [-0.3, -0.25) is 9.59 Å². The summed E-state index contributed by atoms with van der Waals surface area (Å²) in [6.07, 6.45) is 1.72. The first-order chi connectivity index (χ1) is 10.2. The SMILES string of the molecule is CC(CCc1ccccc1)NC(=O)C(=O)N1CCNCC1. The number of piperazine rings is 1. The van der Waals surface area contributed by atoms with Crippen molar-refractivity contribution in [2.24, 2.45) is 0 Å². The first-order valence-electron chi connectivity index (χ1n) is 7.51. The lowest BCUT2D eigenvalue weighted by Gasteiger charge is -2.27. The highest BCUT2D eigenvalue weighted by atomic mass is 16.2. The number of nitrogens with zero attached hydrogens (tertiary/aromatic N) is 1. The second-order valence-corrected chi connectivity index (χ2v) is 5.44. The van der Waals surface area contributed by atoms with Crippen LogP contribution in [-0.2, 0) is 16.0 Å². The van der Waals surface area contributed by atoms with Crippen molar-refractivity contribution in [3.63, 3.8) is 0 Å². The molecule has 1 unspecified atom stereocenters. The van der Waals surface area contributed by atoms with Gasteiger partial charge in [-0.25, -0.2) is 0 Å². The molecule has 0 radical (unpaired) electrons. The zero-order valence-electron chi connectivity index (χ0n) is 12.5. The van der Waals surface area contributed by atoms with Crippen molar-refractivity contribution in [3.05, 3.63) is 35.9 Å². The second-order valence-electron chi connectivity index (χ2n) is 5.44. The van der Waals surface area contributed by atoms with E-state index in [-0.39, 0.29) is 6.04 Å². The molecule has 0 aliphatic carbocycles. The molecule has 2 N–H and O–H groups in total. The molecule has 1 heterocycles. The number of hydrogen-bond donors (Lipinski definition) is 2. The van der Waals surface area contributed by atoms with Crippen LogP contribution in [0.2, 0.25) is 0 Å². The molecule has 1 aliphatic rings. The van der Waals surface area contributed by atoms with Crippen LogP contribution in [0.25, 0.3) is 0 Å². The predicted molar refractivity (Wildman–Crippen MR) is 81.8 cm³/mol. The Balaban J connectivity index is 1.74. The Hall–Kier alpha value is -1.88. The zero-order chi connectivity index (χ0) is 15.1. The fraction of sp³-hybridized carbons (Fsp3) is 0.500. The topological polar surface area (TPSA) is 61.4 Å². The number of carbonyl (C=O) groups is 2. The van der Waals surface area contributed by atoms with Gasteiger partial charge in [-0.2, -0.15) is 0 Å². The van der Waals surface area contributed by atoms with E-state index >= 15 is 0 Å². The molecule has 0 spiro atoms. The molecule has 2 amide bonds. The summed E-state index contributed by atoms with van der Waals surface area (Å²) in [5, 5.41) is 5.96. The summed E-state index contributed by atoms with van der Waals surface area (Å²) in [5.74, 6) is -0.902. The van der Waals surface area contributed by atoms with Crippen LogP contribution >= 0.6 is 0 Å². The van der Waals surface area contributed by atoms with Crippen molar-refractivity contribution >= 4 is 11.8 Å². The van der Waals surface area contributed by atoms with E-state index in [1.165, 1.54) is 5.56 Å². The first-order valence-corrected chi connectivity index (χ1v) is 7.51. The van der Waals surface area contributed by atoms with Crippen LogP contribution in [0.3, 0.4) is 0 Å². The third kappa shape index (κ3) is 4.86. The standard InChI is InChI=1S/C16H23N3O2/c1-13(7-8-14-5-3-2-4-6-14)18-15(20)16(21)19-11-9-17-10-12-19/h2-6,13,17H,7-12H2,1H3,(H,18,20). The zero-order valence-corrected chi connectivity index (χ0v) is 12.5. The molecule has 114 valence electrons. The third-order valence-electron chi connectivity index (χ3n) is 3.68. The van der Waals surface area contributed by atoms with Crippen LogP contribution in [0.15, 0.2) is 30.3 Å². The van der Waals surface area contributed by atoms with Gasteiger partial charge in [-0.15, -0.1) is 0 Å². The Kier molecular flexibility index (Phi) is 5.75. The van der Waals surface area contributed by atoms with E-state index in [1.54, 1.807) is 4.90 Å². The summed E-state index contributed by atoms with van der Waals surface area (Å²) in [7, 11) is 0. The van der Waals surface area contributed by atoms with E-state index in [2.05, 4.69) is 22.8 Å². The fourth-order valence-corrected chi connectivity index (χ4v) is 2.40. The lowest BCUT2D eigenvalue weighted by molar-refractivity contribution is -0.146. The Bertz CT molecular complexity index is 470. The molecule has 1 aromatic rings. The summed E-state index contributed by atoms with van der Waals surface area (Å²) in [5.41, 5.74) is 1.24. The largest absolute Gasteiger partial charge is 0.345 e. The Morgan fingerprint density at radius 2 is 1.90 bits per heavy atom. The summed E-state index contributed by atoms with van der Waals surface area (Å²) < 4.78 is 0. The van der Waals surface area contributed by atoms with Crippen molar-refractivity contribution in [2.45, 2.75) is 25.8 Å². The van der Waals surface area contributed by atoms with Crippen LogP contribution in [-0.4, -0.2) is 48.9 Å². The molecule has 5 heteroatoms. The smallest absolute Gasteiger partial charge is 0.311 e. The number of benzene rings is 1. The second kappa shape index (κ2) is 7.78. The van der Waals surface area contributed by atoms with Crippen molar-refractivity contribution in [3.8, 4) is 0 Å². The highest BCUT2D eigenvalue weighted by Crippen LogP contribution is 2.05. The number of carbonyl (C=O) groups excluding carboxylic acids is 2. The van der Waals surface area contributed by atoms with Crippen LogP contribution in [0, 0.1) is 0 Å². The Morgan fingerprint density at radius 3 is 2.57 bits per heavy atom. The molecule has 0 saturated carbocycles. The maximum atomic E-state index is 12.0. The number of amides is 2. The lowest BCUT2D eigenvalue weighted by Crippen LogP contribution is -2.52. The maximum Gasteiger partial charge on any atom is 0.311 e. The molecule has 1 atom stereocenters. The summed E-state index contributed by atoms with van der Waals surface area (Å²) in [4.78, 5) is 25.5. The highest BCUT2D eigenvalue weighted by Gasteiger charge is 2.23. The Labute approximate surface area is 125 Å². The predicted octanol–water partition coefficient (Wildman–Crippen LogP) is 0.556. The van der Waals surface area contributed by atoms with Crippen molar-refractivity contribution in [1.29, 1.82) is 0 Å². The average molecular weight is 289 g/mol. The number of rotatable bonds is 4. The Morgan fingerprint density at radius 1 is 1.24 bits per heavy atom. The fourth-order valence-electron chi connectivity index (χ4n) is 2.40. The van der Waals surface area contributed by atoms with E-state index < -0.39 is 11.8 Å². The van der Waals surface area contributed by atoms with Crippen molar-refractivity contribution in [2.75, 3.05) is 26.2 Å².